The van der Waals surface area contributed by atoms with Crippen molar-refractivity contribution in [3.05, 3.63) is 89.2 Å². The minimum absolute atomic E-state index is 0.0820. The number of pyridine rings is 1. The number of aliphatic imine (C=N–C) groups is 2. The Bertz CT molecular complexity index is 1560. The second-order valence-corrected chi connectivity index (χ2v) is 10.4. The van der Waals surface area contributed by atoms with Crippen LogP contribution in [0.3, 0.4) is 0 Å². The summed E-state index contributed by atoms with van der Waals surface area (Å²) in [5.74, 6) is -0.486. The summed E-state index contributed by atoms with van der Waals surface area (Å²) in [5.41, 5.74) is 6.47. The molecule has 4 heterocycles. The number of hydrazine groups is 1. The van der Waals surface area contributed by atoms with Gasteiger partial charge in [-0.05, 0) is 31.9 Å². The predicted molar refractivity (Wildman–Crippen MR) is 150 cm³/mol. The Morgan fingerprint density at radius 1 is 1.10 bits per heavy atom. The number of aliphatic hydroxyl groups excluding tert-OH is 1. The monoisotopic (exact) mass is 579 g/mol. The molecule has 218 valence electrons. The number of anilines is 2. The van der Waals surface area contributed by atoms with Crippen molar-refractivity contribution < 1.29 is 27.8 Å². The number of ether oxygens (including phenoxy) is 1. The molecule has 3 aliphatic rings. The number of piperidine rings is 1. The van der Waals surface area contributed by atoms with Crippen LogP contribution >= 0.6 is 0 Å². The third kappa shape index (κ3) is 5.40. The Kier molecular flexibility index (Phi) is 7.07. The van der Waals surface area contributed by atoms with Crippen LogP contribution in [0.15, 0.2) is 76.8 Å². The quantitative estimate of drug-likeness (QED) is 0.373. The van der Waals surface area contributed by atoms with E-state index in [-0.39, 0.29) is 17.4 Å². The van der Waals surface area contributed by atoms with Gasteiger partial charge in [0.15, 0.2) is 0 Å². The van der Waals surface area contributed by atoms with Gasteiger partial charge >= 0.3 is 12.2 Å². The Hall–Kier alpha value is -4.49. The van der Waals surface area contributed by atoms with E-state index in [1.165, 1.54) is 0 Å². The molecule has 6 rings (SSSR count). The molecule has 10 nitrogen and oxygen atoms in total. The van der Waals surface area contributed by atoms with Crippen LogP contribution in [-0.4, -0.2) is 53.1 Å². The van der Waals surface area contributed by atoms with Crippen LogP contribution in [0.2, 0.25) is 0 Å². The van der Waals surface area contributed by atoms with Crippen LogP contribution in [0.1, 0.15) is 42.1 Å². The fourth-order valence-electron chi connectivity index (χ4n) is 5.18. The SMILES string of the molecule is CC1(c2ncc(C(F)(F)F)cc2N2CCC(O)CC2)NN/C(=N\[C@H]2N=C(c3ccccc3)c3ccccc3NC2=O)O1. The van der Waals surface area contributed by atoms with E-state index in [0.29, 0.717) is 37.3 Å². The molecule has 3 aromatic rings. The fraction of sp³-hybridized carbons (Fsp3) is 0.310. The maximum Gasteiger partial charge on any atom is 0.417 e. The van der Waals surface area contributed by atoms with Gasteiger partial charge in [-0.25, -0.2) is 4.99 Å². The number of benzene rings is 2. The number of hydrogen-bond donors (Lipinski definition) is 4. The van der Waals surface area contributed by atoms with Crippen molar-refractivity contribution in [1.82, 2.24) is 15.8 Å². The zero-order chi connectivity index (χ0) is 29.5. The number of alkyl halides is 3. The van der Waals surface area contributed by atoms with Crippen LogP contribution in [0, 0.1) is 0 Å². The molecule has 0 radical (unpaired) electrons. The molecule has 13 heteroatoms. The minimum atomic E-state index is -4.59. The summed E-state index contributed by atoms with van der Waals surface area (Å²) >= 11 is 0. The first-order valence-electron chi connectivity index (χ1n) is 13.4. The lowest BCUT2D eigenvalue weighted by atomic mass is 10.0. The summed E-state index contributed by atoms with van der Waals surface area (Å²) in [6, 6.07) is 17.6. The number of aromatic nitrogens is 1. The Labute approximate surface area is 239 Å². The molecule has 2 saturated heterocycles. The standard InChI is InChI=1S/C29H28F3N7O3/c1-28(24-22(39-13-11-19(40)12-14-39)15-18(16-33-24)29(30,31)32)38-37-27(42-28)36-25-26(41)34-21-10-6-5-9-20(21)23(35-25)17-7-3-2-4-8-17/h2-10,15-16,19,25,38,40H,11-14H2,1H3,(H,34,41)(H,36,37)/t25-,28?/m1/s1. The van der Waals surface area contributed by atoms with E-state index in [0.717, 1.165) is 23.4 Å². The van der Waals surface area contributed by atoms with E-state index in [4.69, 9.17) is 4.74 Å². The number of benzodiazepines with no additional fused rings is 1. The van der Waals surface area contributed by atoms with E-state index >= 15 is 0 Å². The number of rotatable bonds is 4. The van der Waals surface area contributed by atoms with Gasteiger partial charge in [-0.3, -0.25) is 15.2 Å². The molecular weight excluding hydrogens is 551 g/mol. The summed E-state index contributed by atoms with van der Waals surface area (Å²) < 4.78 is 46.9. The number of carbonyl (C=O) groups is 1. The Balaban J connectivity index is 1.34. The highest BCUT2D eigenvalue weighted by atomic mass is 19.4. The Morgan fingerprint density at radius 3 is 2.55 bits per heavy atom. The average molecular weight is 580 g/mol. The maximum atomic E-state index is 13.6. The van der Waals surface area contributed by atoms with Crippen molar-refractivity contribution in [1.29, 1.82) is 0 Å². The van der Waals surface area contributed by atoms with Gasteiger partial charge in [-0.15, -0.1) is 0 Å². The van der Waals surface area contributed by atoms with Gasteiger partial charge in [0.2, 0.25) is 11.9 Å². The molecule has 1 amide bonds. The molecule has 42 heavy (non-hydrogen) atoms. The van der Waals surface area contributed by atoms with Gasteiger partial charge in [0.25, 0.3) is 5.91 Å². The van der Waals surface area contributed by atoms with E-state index in [2.05, 4.69) is 31.1 Å². The number of aliphatic hydroxyl groups is 1. The summed E-state index contributed by atoms with van der Waals surface area (Å²) in [6.07, 6.45) is -4.76. The number of halogens is 3. The molecule has 3 aliphatic heterocycles. The highest BCUT2D eigenvalue weighted by molar-refractivity contribution is 6.19. The number of carbonyl (C=O) groups excluding carboxylic acids is 1. The molecule has 1 unspecified atom stereocenters. The smallest absolute Gasteiger partial charge is 0.417 e. The number of amidine groups is 1. The Morgan fingerprint density at radius 2 is 1.81 bits per heavy atom. The van der Waals surface area contributed by atoms with Crippen molar-refractivity contribution in [3.63, 3.8) is 0 Å². The number of amides is 1. The lowest BCUT2D eigenvalue weighted by Crippen LogP contribution is -2.43. The lowest BCUT2D eigenvalue weighted by Gasteiger charge is -2.35. The van der Waals surface area contributed by atoms with E-state index < -0.39 is 35.6 Å². The van der Waals surface area contributed by atoms with Gasteiger partial charge < -0.3 is 20.1 Å². The second-order valence-electron chi connectivity index (χ2n) is 10.4. The second kappa shape index (κ2) is 10.7. The van der Waals surface area contributed by atoms with Gasteiger partial charge in [-0.1, -0.05) is 48.5 Å². The third-order valence-electron chi connectivity index (χ3n) is 7.37. The van der Waals surface area contributed by atoms with Crippen molar-refractivity contribution >= 4 is 29.0 Å². The first kappa shape index (κ1) is 27.7. The van der Waals surface area contributed by atoms with Gasteiger partial charge in [0, 0.05) is 30.4 Å². The number of para-hydroxylation sites is 1. The fourth-order valence-corrected chi connectivity index (χ4v) is 5.18. The summed E-state index contributed by atoms with van der Waals surface area (Å²) in [6.45, 7) is 2.30. The largest absolute Gasteiger partial charge is 0.435 e. The summed E-state index contributed by atoms with van der Waals surface area (Å²) in [4.78, 5) is 28.3. The normalized spacial score (nSPS) is 23.9. The molecule has 0 aliphatic carbocycles. The molecule has 0 spiro atoms. The number of fused-ring (bicyclic) bond motifs is 1. The first-order valence-corrected chi connectivity index (χ1v) is 13.4. The van der Waals surface area contributed by atoms with Gasteiger partial charge in [-0.2, -0.15) is 23.6 Å². The minimum Gasteiger partial charge on any atom is -0.435 e. The van der Waals surface area contributed by atoms with E-state index in [1.54, 1.807) is 17.9 Å². The number of hydrogen-bond acceptors (Lipinski definition) is 8. The van der Waals surface area contributed by atoms with Crippen LogP contribution in [0.5, 0.6) is 0 Å². The van der Waals surface area contributed by atoms with Crippen LogP contribution in [-0.2, 0) is 21.4 Å². The van der Waals surface area contributed by atoms with Crippen molar-refractivity contribution in [3.8, 4) is 0 Å². The summed E-state index contributed by atoms with van der Waals surface area (Å²) in [7, 11) is 0. The number of nitrogens with zero attached hydrogens (tertiary/aromatic N) is 4. The van der Waals surface area contributed by atoms with E-state index in [9.17, 15) is 23.1 Å². The molecule has 4 N–H and O–H groups in total. The van der Waals surface area contributed by atoms with Crippen molar-refractivity contribution in [2.24, 2.45) is 9.98 Å². The van der Waals surface area contributed by atoms with Crippen LogP contribution < -0.4 is 21.1 Å². The molecular formula is C29H28F3N7O3. The first-order chi connectivity index (χ1) is 20.1. The highest BCUT2D eigenvalue weighted by Gasteiger charge is 2.43. The molecule has 2 atom stereocenters. The maximum absolute atomic E-state index is 13.6. The number of nitrogens with one attached hydrogen (secondary N) is 3. The average Bonchev–Trinajstić information content (AvgIpc) is 3.30. The van der Waals surface area contributed by atoms with Crippen molar-refractivity contribution in [2.45, 2.75) is 43.9 Å². The molecule has 2 aromatic carbocycles. The summed E-state index contributed by atoms with van der Waals surface area (Å²) in [5, 5.41) is 12.8. The van der Waals surface area contributed by atoms with E-state index in [1.807, 2.05) is 48.5 Å². The molecule has 0 saturated carbocycles. The lowest BCUT2D eigenvalue weighted by molar-refractivity contribution is -0.137. The molecule has 1 aromatic heterocycles. The zero-order valence-electron chi connectivity index (χ0n) is 22.5. The van der Waals surface area contributed by atoms with Crippen LogP contribution in [0.4, 0.5) is 24.5 Å². The highest BCUT2D eigenvalue weighted by Crippen LogP contribution is 2.38. The predicted octanol–water partition coefficient (Wildman–Crippen LogP) is 3.53. The van der Waals surface area contributed by atoms with Gasteiger partial charge in [0.05, 0.1) is 28.8 Å². The zero-order valence-corrected chi connectivity index (χ0v) is 22.5. The molecule has 2 fully saturated rings. The van der Waals surface area contributed by atoms with Crippen LogP contribution in [0.25, 0.3) is 0 Å². The van der Waals surface area contributed by atoms with Crippen molar-refractivity contribution in [2.75, 3.05) is 23.3 Å². The van der Waals surface area contributed by atoms with Gasteiger partial charge in [0.1, 0.15) is 5.69 Å². The third-order valence-corrected chi connectivity index (χ3v) is 7.37. The molecule has 0 bridgehead atoms. The topological polar surface area (TPSA) is 123 Å².